The summed E-state index contributed by atoms with van der Waals surface area (Å²) in [5, 5.41) is 5.34. The molecule has 0 aromatic carbocycles. The van der Waals surface area contributed by atoms with Crippen molar-refractivity contribution in [3.63, 3.8) is 0 Å². The van der Waals surface area contributed by atoms with Crippen LogP contribution in [0.15, 0.2) is 15.7 Å². The van der Waals surface area contributed by atoms with Crippen LogP contribution in [-0.4, -0.2) is 20.7 Å². The summed E-state index contributed by atoms with van der Waals surface area (Å²) in [5.41, 5.74) is 0.904. The Labute approximate surface area is 121 Å². The predicted octanol–water partition coefficient (Wildman–Crippen LogP) is 3.60. The molecule has 0 bridgehead atoms. The molecule has 3 nitrogen and oxygen atoms in total. The average Bonchev–Trinajstić information content (AvgIpc) is 2.81. The summed E-state index contributed by atoms with van der Waals surface area (Å²) in [4.78, 5) is 0. The van der Waals surface area contributed by atoms with E-state index in [1.165, 1.54) is 43.3 Å². The molecule has 1 rings (SSSR count). The van der Waals surface area contributed by atoms with Crippen LogP contribution in [0.1, 0.15) is 51.5 Å². The molecule has 0 aliphatic heterocycles. The lowest BCUT2D eigenvalue weighted by Gasteiger charge is -2.16. The van der Waals surface area contributed by atoms with Gasteiger partial charge in [0.15, 0.2) is 9.84 Å². The van der Waals surface area contributed by atoms with Gasteiger partial charge in [-0.2, -0.15) is 0 Å². The zero-order valence-electron chi connectivity index (χ0n) is 12.1. The van der Waals surface area contributed by atoms with Gasteiger partial charge in [0.2, 0.25) is 0 Å². The zero-order chi connectivity index (χ0) is 14.3. The summed E-state index contributed by atoms with van der Waals surface area (Å²) < 4.78 is 23.7. The Bertz CT molecular complexity index is 466. The van der Waals surface area contributed by atoms with Crippen molar-refractivity contribution >= 4 is 21.2 Å². The van der Waals surface area contributed by atoms with E-state index in [0.717, 1.165) is 12.0 Å². The van der Waals surface area contributed by atoms with Gasteiger partial charge in [-0.25, -0.2) is 8.42 Å². The van der Waals surface area contributed by atoms with E-state index >= 15 is 0 Å². The number of hydrogen-bond donors (Lipinski definition) is 1. The lowest BCUT2D eigenvalue weighted by Crippen LogP contribution is -2.28. The maximum Gasteiger partial charge on any atom is 0.185 e. The number of sulfone groups is 1. The third-order valence-electron chi connectivity index (χ3n) is 3.27. The average molecular weight is 303 g/mol. The van der Waals surface area contributed by atoms with Crippen molar-refractivity contribution in [3.8, 4) is 0 Å². The van der Waals surface area contributed by atoms with E-state index in [9.17, 15) is 8.42 Å². The van der Waals surface area contributed by atoms with Crippen LogP contribution in [0.5, 0.6) is 0 Å². The lowest BCUT2D eigenvalue weighted by molar-refractivity contribution is 0.445. The highest BCUT2D eigenvalue weighted by Gasteiger charge is 2.15. The Morgan fingerprint density at radius 3 is 2.63 bits per heavy atom. The number of nitrogens with one attached hydrogen (secondary N) is 1. The smallest absolute Gasteiger partial charge is 0.185 e. The second-order valence-electron chi connectivity index (χ2n) is 4.99. The van der Waals surface area contributed by atoms with E-state index in [1.807, 2.05) is 11.4 Å². The van der Waals surface area contributed by atoms with E-state index in [1.54, 1.807) is 0 Å². The van der Waals surface area contributed by atoms with Gasteiger partial charge in [0.1, 0.15) is 4.21 Å². The van der Waals surface area contributed by atoms with Gasteiger partial charge in [0, 0.05) is 18.8 Å². The Morgan fingerprint density at radius 2 is 2.05 bits per heavy atom. The van der Waals surface area contributed by atoms with Crippen LogP contribution >= 0.6 is 11.3 Å². The fraction of sp³-hybridized carbons (Fsp3) is 0.714. The zero-order valence-corrected chi connectivity index (χ0v) is 13.7. The normalized spacial score (nSPS) is 13.6. The highest BCUT2D eigenvalue weighted by molar-refractivity contribution is 7.92. The van der Waals surface area contributed by atoms with Crippen LogP contribution < -0.4 is 5.32 Å². The van der Waals surface area contributed by atoms with E-state index in [2.05, 4.69) is 19.2 Å². The van der Waals surface area contributed by atoms with Crippen molar-refractivity contribution in [3.05, 3.63) is 17.0 Å². The van der Waals surface area contributed by atoms with Crippen molar-refractivity contribution in [2.45, 2.75) is 62.7 Å². The van der Waals surface area contributed by atoms with E-state index in [0.29, 0.717) is 16.8 Å². The second kappa shape index (κ2) is 8.02. The van der Waals surface area contributed by atoms with Crippen molar-refractivity contribution in [1.29, 1.82) is 0 Å². The Morgan fingerprint density at radius 1 is 1.32 bits per heavy atom. The molecule has 1 heterocycles. The molecule has 0 amide bonds. The minimum atomic E-state index is -3.09. The van der Waals surface area contributed by atoms with Crippen LogP contribution in [0.25, 0.3) is 0 Å². The van der Waals surface area contributed by atoms with Gasteiger partial charge >= 0.3 is 0 Å². The highest BCUT2D eigenvalue weighted by Crippen LogP contribution is 2.22. The van der Waals surface area contributed by atoms with Crippen molar-refractivity contribution in [1.82, 2.24) is 5.32 Å². The van der Waals surface area contributed by atoms with Gasteiger partial charge in [-0.05, 0) is 29.9 Å². The summed E-state index contributed by atoms with van der Waals surface area (Å²) in [6, 6.07) is 2.39. The first-order chi connectivity index (χ1) is 8.99. The number of hydrogen-bond acceptors (Lipinski definition) is 4. The molecule has 0 aliphatic carbocycles. The molecule has 0 aliphatic rings. The largest absolute Gasteiger partial charge is 0.310 e. The molecule has 0 saturated heterocycles. The Kier molecular flexibility index (Phi) is 7.04. The number of rotatable bonds is 9. The third kappa shape index (κ3) is 5.63. The Hall–Kier alpha value is -0.390. The summed E-state index contributed by atoms with van der Waals surface area (Å²) in [7, 11) is -3.09. The molecule has 0 fully saturated rings. The molecule has 0 radical (unpaired) electrons. The maximum absolute atomic E-state index is 11.6. The van der Waals surface area contributed by atoms with Crippen LogP contribution in [0.4, 0.5) is 0 Å². The quantitative estimate of drug-likeness (QED) is 0.709. The van der Waals surface area contributed by atoms with Gasteiger partial charge < -0.3 is 5.32 Å². The topological polar surface area (TPSA) is 46.2 Å². The summed E-state index contributed by atoms with van der Waals surface area (Å²) >= 11 is 1.31. The molecule has 19 heavy (non-hydrogen) atoms. The Balaban J connectivity index is 2.53. The number of thiophene rings is 1. The first-order valence-electron chi connectivity index (χ1n) is 6.98. The number of unbranched alkanes of at least 4 members (excludes halogenated alkanes) is 2. The van der Waals surface area contributed by atoms with Gasteiger partial charge in [0.25, 0.3) is 0 Å². The van der Waals surface area contributed by atoms with Crippen molar-refractivity contribution in [2.75, 3.05) is 6.26 Å². The monoisotopic (exact) mass is 303 g/mol. The van der Waals surface area contributed by atoms with Crippen molar-refractivity contribution in [2.24, 2.45) is 0 Å². The fourth-order valence-electron chi connectivity index (χ4n) is 2.12. The van der Waals surface area contributed by atoms with Crippen LogP contribution in [0, 0.1) is 0 Å². The standard InChI is InChI=1S/C14H25NO2S2/c1-4-6-7-8-13(5-2)15-11-12-9-10-18-14(12)19(3,16)17/h9-10,13,15H,4-8,11H2,1-3H3. The molecule has 110 valence electrons. The van der Waals surface area contributed by atoms with Gasteiger partial charge in [-0.3, -0.25) is 0 Å². The van der Waals surface area contributed by atoms with Crippen LogP contribution in [0.3, 0.4) is 0 Å². The van der Waals surface area contributed by atoms with E-state index in [4.69, 9.17) is 0 Å². The van der Waals surface area contributed by atoms with E-state index < -0.39 is 9.84 Å². The van der Waals surface area contributed by atoms with Crippen molar-refractivity contribution < 1.29 is 8.42 Å². The lowest BCUT2D eigenvalue weighted by atomic mass is 10.1. The second-order valence-corrected chi connectivity index (χ2v) is 8.11. The molecular formula is C14H25NO2S2. The molecule has 1 atom stereocenters. The SMILES string of the molecule is CCCCCC(CC)NCc1ccsc1S(C)(=O)=O. The molecule has 0 spiro atoms. The summed E-state index contributed by atoms with van der Waals surface area (Å²) in [5.74, 6) is 0. The molecule has 5 heteroatoms. The predicted molar refractivity (Wildman–Crippen MR) is 82.5 cm³/mol. The van der Waals surface area contributed by atoms with Gasteiger partial charge in [-0.1, -0.05) is 33.1 Å². The fourth-order valence-corrected chi connectivity index (χ4v) is 4.25. The summed E-state index contributed by atoms with van der Waals surface area (Å²) in [6.45, 7) is 5.03. The minimum Gasteiger partial charge on any atom is -0.310 e. The van der Waals surface area contributed by atoms with Crippen LogP contribution in [-0.2, 0) is 16.4 Å². The molecular weight excluding hydrogens is 278 g/mol. The van der Waals surface area contributed by atoms with Gasteiger partial charge in [-0.15, -0.1) is 11.3 Å². The molecule has 1 aromatic heterocycles. The maximum atomic E-state index is 11.6. The van der Waals surface area contributed by atoms with Gasteiger partial charge in [0.05, 0.1) is 0 Å². The molecule has 1 aromatic rings. The molecule has 1 N–H and O–H groups in total. The van der Waals surface area contributed by atoms with Crippen LogP contribution in [0.2, 0.25) is 0 Å². The third-order valence-corrected chi connectivity index (χ3v) is 6.15. The first kappa shape index (κ1) is 16.7. The van der Waals surface area contributed by atoms with E-state index in [-0.39, 0.29) is 0 Å². The minimum absolute atomic E-state index is 0.485. The first-order valence-corrected chi connectivity index (χ1v) is 9.76. The molecule has 0 saturated carbocycles. The molecule has 1 unspecified atom stereocenters. The summed E-state index contributed by atoms with van der Waals surface area (Å²) in [6.07, 6.45) is 7.28. The highest BCUT2D eigenvalue weighted by atomic mass is 32.2.